The molecule has 0 fully saturated rings. The van der Waals surface area contributed by atoms with Gasteiger partial charge in [-0.25, -0.2) is 8.42 Å². The van der Waals surface area contributed by atoms with Crippen LogP contribution in [0, 0.1) is 0 Å². The second-order valence-corrected chi connectivity index (χ2v) is 8.61. The maximum atomic E-state index is 12.5. The van der Waals surface area contributed by atoms with Crippen LogP contribution in [-0.2, 0) is 21.2 Å². The number of anilines is 1. The Balaban J connectivity index is 2.06. The molecule has 8 heteroatoms. The fourth-order valence-electron chi connectivity index (χ4n) is 2.55. The molecule has 2 rings (SSSR count). The number of rotatable bonds is 7. The minimum atomic E-state index is -3.66. The molecule has 0 aliphatic carbocycles. The molecule has 0 aliphatic heterocycles. The van der Waals surface area contributed by atoms with Crippen LogP contribution in [0.15, 0.2) is 48.5 Å². The second-order valence-electron chi connectivity index (χ2n) is 5.88. The van der Waals surface area contributed by atoms with Gasteiger partial charge in [-0.15, -0.1) is 0 Å². The number of benzene rings is 2. The van der Waals surface area contributed by atoms with Gasteiger partial charge >= 0.3 is 0 Å². The van der Waals surface area contributed by atoms with E-state index in [9.17, 15) is 13.2 Å². The van der Waals surface area contributed by atoms with E-state index in [0.29, 0.717) is 28.7 Å². The van der Waals surface area contributed by atoms with E-state index in [-0.39, 0.29) is 5.91 Å². The highest BCUT2D eigenvalue weighted by Gasteiger charge is 2.29. The van der Waals surface area contributed by atoms with Crippen molar-refractivity contribution in [3.63, 3.8) is 0 Å². The van der Waals surface area contributed by atoms with Crippen LogP contribution >= 0.6 is 23.2 Å². The van der Waals surface area contributed by atoms with E-state index in [1.165, 1.54) is 6.07 Å². The molecule has 0 aliphatic rings. The number of hydrogen-bond acceptors (Lipinski definition) is 3. The molecular weight excluding hydrogens is 395 g/mol. The zero-order chi connectivity index (χ0) is 19.3. The first-order chi connectivity index (χ1) is 12.2. The van der Waals surface area contributed by atoms with Crippen molar-refractivity contribution < 1.29 is 13.2 Å². The quantitative estimate of drug-likeness (QED) is 0.753. The van der Waals surface area contributed by atoms with Crippen LogP contribution in [0.1, 0.15) is 12.5 Å². The summed E-state index contributed by atoms with van der Waals surface area (Å²) in [6.45, 7) is 1.93. The Labute approximate surface area is 164 Å². The van der Waals surface area contributed by atoms with Gasteiger partial charge in [0, 0.05) is 16.6 Å². The van der Waals surface area contributed by atoms with Gasteiger partial charge in [0.05, 0.1) is 11.9 Å². The topological polar surface area (TPSA) is 66.5 Å². The van der Waals surface area contributed by atoms with Crippen molar-refractivity contribution in [1.29, 1.82) is 0 Å². The fourth-order valence-corrected chi connectivity index (χ4v) is 4.03. The molecular formula is C18H20Cl2N2O3S. The lowest BCUT2D eigenvalue weighted by molar-refractivity contribution is -0.121. The molecule has 5 nitrogen and oxygen atoms in total. The van der Waals surface area contributed by atoms with Gasteiger partial charge in [-0.05, 0) is 49.2 Å². The summed E-state index contributed by atoms with van der Waals surface area (Å²) in [6, 6.07) is 12.8. The molecule has 1 N–H and O–H groups in total. The van der Waals surface area contributed by atoms with Crippen LogP contribution in [-0.4, -0.2) is 33.2 Å². The fraction of sp³-hybridized carbons (Fsp3) is 0.278. The van der Waals surface area contributed by atoms with Gasteiger partial charge in [-0.2, -0.15) is 0 Å². The summed E-state index contributed by atoms with van der Waals surface area (Å²) in [7, 11) is -3.66. The normalized spacial score (nSPS) is 12.5. The number of hydrogen-bond donors (Lipinski definition) is 1. The summed E-state index contributed by atoms with van der Waals surface area (Å²) in [5.74, 6) is -0.385. The predicted molar refractivity (Wildman–Crippen MR) is 106 cm³/mol. The molecule has 1 amide bonds. The summed E-state index contributed by atoms with van der Waals surface area (Å²) in [4.78, 5) is 12.5. The molecule has 1 atom stereocenters. The van der Waals surface area contributed by atoms with Crippen molar-refractivity contribution >= 4 is 44.8 Å². The Morgan fingerprint density at radius 2 is 1.77 bits per heavy atom. The molecule has 0 saturated heterocycles. The van der Waals surface area contributed by atoms with Crippen molar-refractivity contribution in [2.24, 2.45) is 0 Å². The van der Waals surface area contributed by atoms with E-state index in [2.05, 4.69) is 5.32 Å². The van der Waals surface area contributed by atoms with Crippen LogP contribution in [0.2, 0.25) is 10.0 Å². The van der Waals surface area contributed by atoms with Gasteiger partial charge in [-0.1, -0.05) is 41.4 Å². The van der Waals surface area contributed by atoms with Crippen LogP contribution in [0.5, 0.6) is 0 Å². The number of halogens is 2. The number of carbonyl (C=O) groups is 1. The van der Waals surface area contributed by atoms with Gasteiger partial charge in [0.15, 0.2) is 0 Å². The molecule has 0 unspecified atom stereocenters. The Morgan fingerprint density at radius 3 is 2.35 bits per heavy atom. The Bertz CT molecular complexity index is 870. The molecule has 0 heterocycles. The third-order valence-corrected chi connectivity index (χ3v) is 5.51. The zero-order valence-electron chi connectivity index (χ0n) is 14.4. The average Bonchev–Trinajstić information content (AvgIpc) is 2.55. The SMILES string of the molecule is C[C@@H](C(=O)NCCc1ccc(Cl)cc1)N(c1cccc(Cl)c1)S(C)(=O)=O. The first-order valence-corrected chi connectivity index (χ1v) is 10.6. The Hall–Kier alpha value is -1.76. The van der Waals surface area contributed by atoms with Crippen LogP contribution in [0.3, 0.4) is 0 Å². The first-order valence-electron chi connectivity index (χ1n) is 7.95. The molecule has 0 bridgehead atoms. The minimum absolute atomic E-state index is 0.348. The minimum Gasteiger partial charge on any atom is -0.354 e. The summed E-state index contributed by atoms with van der Waals surface area (Å²) in [5, 5.41) is 3.82. The van der Waals surface area contributed by atoms with Crippen LogP contribution in [0.25, 0.3) is 0 Å². The van der Waals surface area contributed by atoms with Crippen molar-refractivity contribution in [2.75, 3.05) is 17.1 Å². The molecule has 2 aromatic carbocycles. The highest BCUT2D eigenvalue weighted by Crippen LogP contribution is 2.24. The van der Waals surface area contributed by atoms with E-state index in [0.717, 1.165) is 16.1 Å². The summed E-state index contributed by atoms with van der Waals surface area (Å²) >= 11 is 11.8. The van der Waals surface area contributed by atoms with Gasteiger partial charge < -0.3 is 5.32 Å². The maximum absolute atomic E-state index is 12.5. The van der Waals surface area contributed by atoms with Gasteiger partial charge in [0.25, 0.3) is 0 Å². The van der Waals surface area contributed by atoms with Gasteiger partial charge in [0.1, 0.15) is 6.04 Å². The number of nitrogens with zero attached hydrogens (tertiary/aromatic N) is 1. The van der Waals surface area contributed by atoms with Crippen molar-refractivity contribution in [2.45, 2.75) is 19.4 Å². The van der Waals surface area contributed by atoms with Gasteiger partial charge in [-0.3, -0.25) is 9.10 Å². The molecule has 0 spiro atoms. The number of sulfonamides is 1. The smallest absolute Gasteiger partial charge is 0.243 e. The second kappa shape index (κ2) is 8.75. The number of carbonyl (C=O) groups excluding carboxylic acids is 1. The highest BCUT2D eigenvalue weighted by molar-refractivity contribution is 7.92. The number of nitrogens with one attached hydrogen (secondary N) is 1. The van der Waals surface area contributed by atoms with Crippen molar-refractivity contribution in [1.82, 2.24) is 5.32 Å². The molecule has 0 saturated carbocycles. The molecule has 0 radical (unpaired) electrons. The standard InChI is InChI=1S/C18H20Cl2N2O3S/c1-13(18(23)21-11-10-14-6-8-15(19)9-7-14)22(26(2,24)25)17-5-3-4-16(20)12-17/h3-9,12-13H,10-11H2,1-2H3,(H,21,23)/t13-/m0/s1. The predicted octanol–water partition coefficient (Wildman–Crippen LogP) is 3.51. The van der Waals surface area contributed by atoms with Crippen molar-refractivity contribution in [3.05, 3.63) is 64.1 Å². The van der Waals surface area contributed by atoms with E-state index in [1.807, 2.05) is 12.1 Å². The lowest BCUT2D eigenvalue weighted by Crippen LogP contribution is -2.48. The summed E-state index contributed by atoms with van der Waals surface area (Å²) < 4.78 is 25.5. The van der Waals surface area contributed by atoms with Crippen LogP contribution < -0.4 is 9.62 Å². The van der Waals surface area contributed by atoms with E-state index in [4.69, 9.17) is 23.2 Å². The lowest BCUT2D eigenvalue weighted by atomic mass is 10.1. The number of amides is 1. The van der Waals surface area contributed by atoms with E-state index >= 15 is 0 Å². The van der Waals surface area contributed by atoms with E-state index < -0.39 is 16.1 Å². The molecule has 2 aromatic rings. The largest absolute Gasteiger partial charge is 0.354 e. The monoisotopic (exact) mass is 414 g/mol. The Kier molecular flexibility index (Phi) is 6.92. The van der Waals surface area contributed by atoms with Crippen LogP contribution in [0.4, 0.5) is 5.69 Å². The van der Waals surface area contributed by atoms with Crippen molar-refractivity contribution in [3.8, 4) is 0 Å². The Morgan fingerprint density at radius 1 is 1.12 bits per heavy atom. The maximum Gasteiger partial charge on any atom is 0.243 e. The molecule has 26 heavy (non-hydrogen) atoms. The van der Waals surface area contributed by atoms with Gasteiger partial charge in [0.2, 0.25) is 15.9 Å². The molecule has 0 aromatic heterocycles. The summed E-state index contributed by atoms with van der Waals surface area (Å²) in [5.41, 5.74) is 1.37. The molecule has 140 valence electrons. The third-order valence-electron chi connectivity index (χ3n) is 3.78. The average molecular weight is 415 g/mol. The highest BCUT2D eigenvalue weighted by atomic mass is 35.5. The zero-order valence-corrected chi connectivity index (χ0v) is 16.8. The first kappa shape index (κ1) is 20.6. The van der Waals surface area contributed by atoms with E-state index in [1.54, 1.807) is 37.3 Å². The third kappa shape index (κ3) is 5.62. The lowest BCUT2D eigenvalue weighted by Gasteiger charge is -2.28. The summed E-state index contributed by atoms with van der Waals surface area (Å²) in [6.07, 6.45) is 1.68.